The van der Waals surface area contributed by atoms with Crippen molar-refractivity contribution in [2.45, 2.75) is 148 Å². The maximum atomic E-state index is 12.8. The summed E-state index contributed by atoms with van der Waals surface area (Å²) >= 11 is 0. The molecule has 1 heterocycles. The molecule has 1 saturated heterocycles. The van der Waals surface area contributed by atoms with Crippen LogP contribution in [-0.2, 0) is 20.7 Å². The molecule has 2 atom stereocenters. The van der Waals surface area contributed by atoms with Crippen molar-refractivity contribution in [2.75, 3.05) is 13.2 Å². The first-order chi connectivity index (χ1) is 22.8. The molecule has 6 nitrogen and oxygen atoms in total. The summed E-state index contributed by atoms with van der Waals surface area (Å²) in [5, 5.41) is 2.97. The highest BCUT2D eigenvalue weighted by Crippen LogP contribution is 2.39. The second-order valence-corrected chi connectivity index (χ2v) is 13.7. The van der Waals surface area contributed by atoms with E-state index in [4.69, 9.17) is 14.2 Å². The molecule has 47 heavy (non-hydrogen) atoms. The Hall–Kier alpha value is -3.12. The van der Waals surface area contributed by atoms with E-state index in [1.54, 1.807) is 0 Å². The first-order valence-corrected chi connectivity index (χ1v) is 18.4. The number of hydrogen-bond donors (Lipinski definition) is 1. The van der Waals surface area contributed by atoms with Crippen LogP contribution in [0.25, 0.3) is 0 Å². The zero-order chi connectivity index (χ0) is 33.7. The van der Waals surface area contributed by atoms with Gasteiger partial charge in [0, 0.05) is 24.9 Å². The van der Waals surface area contributed by atoms with Crippen molar-refractivity contribution < 1.29 is 23.8 Å². The first kappa shape index (κ1) is 38.3. The minimum absolute atomic E-state index is 0.0620. The van der Waals surface area contributed by atoms with E-state index in [1.165, 1.54) is 70.6 Å². The molecule has 2 aromatic carbocycles. The Balaban J connectivity index is 1.32. The second kappa shape index (κ2) is 21.7. The third-order valence-electron chi connectivity index (χ3n) is 9.17. The smallest absolute Gasteiger partial charge is 0.306 e. The number of nitrogens with one attached hydrogen (secondary N) is 1. The monoisotopic (exact) mass is 647 g/mol. The minimum Gasteiger partial charge on any atom is -0.490 e. The Morgan fingerprint density at radius 1 is 0.851 bits per heavy atom. The number of epoxide rings is 1. The summed E-state index contributed by atoms with van der Waals surface area (Å²) in [6, 6.07) is 17.2. The maximum Gasteiger partial charge on any atom is 0.306 e. The molecule has 1 fully saturated rings. The van der Waals surface area contributed by atoms with Crippen molar-refractivity contribution in [2.24, 2.45) is 0 Å². The Morgan fingerprint density at radius 3 is 2.00 bits per heavy atom. The van der Waals surface area contributed by atoms with Crippen LogP contribution in [-0.4, -0.2) is 42.8 Å². The second-order valence-electron chi connectivity index (χ2n) is 13.7. The zero-order valence-corrected chi connectivity index (χ0v) is 29.7. The Bertz CT molecular complexity index is 1190. The molecule has 3 rings (SSSR count). The fourth-order valence-corrected chi connectivity index (χ4v) is 5.86. The Morgan fingerprint density at radius 2 is 1.43 bits per heavy atom. The van der Waals surface area contributed by atoms with Gasteiger partial charge in [0.2, 0.25) is 0 Å². The van der Waals surface area contributed by atoms with Gasteiger partial charge in [-0.1, -0.05) is 114 Å². The van der Waals surface area contributed by atoms with Crippen LogP contribution in [0.2, 0.25) is 0 Å². The zero-order valence-electron chi connectivity index (χ0n) is 29.7. The highest BCUT2D eigenvalue weighted by molar-refractivity contribution is 5.94. The fourth-order valence-electron chi connectivity index (χ4n) is 5.86. The van der Waals surface area contributed by atoms with E-state index in [9.17, 15) is 9.59 Å². The highest BCUT2D eigenvalue weighted by atomic mass is 16.6. The molecule has 0 saturated carbocycles. The summed E-state index contributed by atoms with van der Waals surface area (Å²) in [6.07, 6.45) is 20.4. The molecule has 2 aromatic rings. The molecule has 0 aromatic heterocycles. The largest absolute Gasteiger partial charge is 0.490 e. The molecule has 2 unspecified atom stereocenters. The van der Waals surface area contributed by atoms with E-state index in [0.717, 1.165) is 36.1 Å². The van der Waals surface area contributed by atoms with Crippen LogP contribution < -0.4 is 10.1 Å². The SMILES string of the molecule is CCCCCCCCCCCCCCCC(=O)OC(CC1OC1(C)C)/C(C)=C/COc1ccc(CCNC(=O)c2ccccc2)cc1. The number of ether oxygens (including phenoxy) is 3. The van der Waals surface area contributed by atoms with Gasteiger partial charge in [-0.15, -0.1) is 0 Å². The number of hydrogen-bond acceptors (Lipinski definition) is 5. The minimum atomic E-state index is -0.312. The average molecular weight is 648 g/mol. The molecule has 1 N–H and O–H groups in total. The number of unbranched alkanes of at least 4 members (excludes halogenated alkanes) is 12. The lowest BCUT2D eigenvalue weighted by molar-refractivity contribution is -0.147. The maximum absolute atomic E-state index is 12.8. The molecule has 1 aliphatic rings. The van der Waals surface area contributed by atoms with Crippen LogP contribution in [0, 0.1) is 0 Å². The molecule has 1 aliphatic heterocycles. The quantitative estimate of drug-likeness (QED) is 0.0502. The van der Waals surface area contributed by atoms with Gasteiger partial charge >= 0.3 is 5.97 Å². The lowest BCUT2D eigenvalue weighted by Crippen LogP contribution is -2.25. The van der Waals surface area contributed by atoms with E-state index < -0.39 is 0 Å². The Kier molecular flexibility index (Phi) is 17.7. The lowest BCUT2D eigenvalue weighted by Gasteiger charge is -2.19. The van der Waals surface area contributed by atoms with Gasteiger partial charge < -0.3 is 19.5 Å². The van der Waals surface area contributed by atoms with Crippen molar-refractivity contribution in [3.05, 3.63) is 77.4 Å². The molecule has 0 radical (unpaired) electrons. The number of carbonyl (C=O) groups excluding carboxylic acids is 2. The topological polar surface area (TPSA) is 77.2 Å². The fraction of sp³-hybridized carbons (Fsp3) is 0.610. The lowest BCUT2D eigenvalue weighted by atomic mass is 10.0. The van der Waals surface area contributed by atoms with Gasteiger partial charge in [0.15, 0.2) is 0 Å². The van der Waals surface area contributed by atoms with Crippen molar-refractivity contribution in [3.8, 4) is 5.75 Å². The molecule has 1 amide bonds. The third-order valence-corrected chi connectivity index (χ3v) is 9.17. The summed E-state index contributed by atoms with van der Waals surface area (Å²) in [5.41, 5.74) is 2.61. The highest BCUT2D eigenvalue weighted by Gasteiger charge is 2.49. The third kappa shape index (κ3) is 16.0. The van der Waals surface area contributed by atoms with Crippen molar-refractivity contribution >= 4 is 11.9 Å². The number of carbonyl (C=O) groups is 2. The Labute approximate surface area is 285 Å². The van der Waals surface area contributed by atoms with E-state index in [2.05, 4.69) is 26.1 Å². The van der Waals surface area contributed by atoms with Gasteiger partial charge in [-0.2, -0.15) is 0 Å². The number of rotatable bonds is 25. The van der Waals surface area contributed by atoms with E-state index >= 15 is 0 Å². The molecule has 0 spiro atoms. The molecular weight excluding hydrogens is 586 g/mol. The normalized spacial score (nSPS) is 16.0. The summed E-state index contributed by atoms with van der Waals surface area (Å²) in [6.45, 7) is 9.39. The van der Waals surface area contributed by atoms with Crippen LogP contribution in [0.3, 0.4) is 0 Å². The van der Waals surface area contributed by atoms with Crippen LogP contribution in [0.4, 0.5) is 0 Å². The van der Waals surface area contributed by atoms with Crippen molar-refractivity contribution in [3.63, 3.8) is 0 Å². The predicted octanol–water partition coefficient (Wildman–Crippen LogP) is 9.94. The van der Waals surface area contributed by atoms with Crippen molar-refractivity contribution in [1.82, 2.24) is 5.32 Å². The molecule has 0 bridgehead atoms. The number of amides is 1. The first-order valence-electron chi connectivity index (χ1n) is 18.4. The van der Waals surface area contributed by atoms with E-state index in [1.807, 2.05) is 67.6 Å². The summed E-state index contributed by atoms with van der Waals surface area (Å²) < 4.78 is 17.8. The molecular formula is C41H61NO5. The summed E-state index contributed by atoms with van der Waals surface area (Å²) in [4.78, 5) is 25.0. The summed E-state index contributed by atoms with van der Waals surface area (Å²) in [5.74, 6) is 0.586. The van der Waals surface area contributed by atoms with Gasteiger partial charge in [0.1, 0.15) is 18.5 Å². The van der Waals surface area contributed by atoms with E-state index in [0.29, 0.717) is 31.6 Å². The molecule has 0 aliphatic carbocycles. The average Bonchev–Trinajstić information content (AvgIpc) is 3.68. The van der Waals surface area contributed by atoms with Gasteiger partial charge in [0.05, 0.1) is 11.7 Å². The standard InChI is InChI=1S/C41H61NO5/c1-5-6-7-8-9-10-11-12-13-14-15-16-20-23-39(43)46-37(32-38-41(3,4)47-38)33(2)29-31-45-36-26-24-34(25-27-36)28-30-42-40(44)35-21-18-17-19-22-35/h17-19,21-22,24-27,29,37-38H,5-16,20,23,28,30-32H2,1-4H3,(H,42,44)/b33-29+. The predicted molar refractivity (Wildman–Crippen MR) is 192 cm³/mol. The van der Waals surface area contributed by atoms with Gasteiger partial charge in [-0.05, 0) is 75.1 Å². The van der Waals surface area contributed by atoms with E-state index in [-0.39, 0.29) is 29.7 Å². The number of esters is 1. The van der Waals surface area contributed by atoms with Crippen LogP contribution >= 0.6 is 0 Å². The summed E-state index contributed by atoms with van der Waals surface area (Å²) in [7, 11) is 0. The van der Waals surface area contributed by atoms with Crippen molar-refractivity contribution in [1.29, 1.82) is 0 Å². The number of benzene rings is 2. The molecule has 260 valence electrons. The van der Waals surface area contributed by atoms with Gasteiger partial charge in [-0.25, -0.2) is 0 Å². The van der Waals surface area contributed by atoms with Crippen LogP contribution in [0.15, 0.2) is 66.2 Å². The van der Waals surface area contributed by atoms with Gasteiger partial charge in [0.25, 0.3) is 5.91 Å². The van der Waals surface area contributed by atoms with Crippen LogP contribution in [0.1, 0.15) is 140 Å². The molecule has 6 heteroatoms. The van der Waals surface area contributed by atoms with Gasteiger partial charge in [-0.3, -0.25) is 9.59 Å². The van der Waals surface area contributed by atoms with Crippen LogP contribution in [0.5, 0.6) is 5.75 Å².